The molecule has 0 saturated carbocycles. The van der Waals surface area contributed by atoms with E-state index in [4.69, 9.17) is 4.74 Å². The van der Waals surface area contributed by atoms with Crippen LogP contribution >= 0.6 is 0 Å². The highest BCUT2D eigenvalue weighted by Gasteiger charge is 2.12. The maximum absolute atomic E-state index is 12.0. The number of rotatable bonds is 4. The van der Waals surface area contributed by atoms with Crippen LogP contribution in [0.2, 0.25) is 0 Å². The molecule has 24 heavy (non-hydrogen) atoms. The highest BCUT2D eigenvalue weighted by atomic mass is 16.5. The highest BCUT2D eigenvalue weighted by molar-refractivity contribution is 5.68. The summed E-state index contributed by atoms with van der Waals surface area (Å²) in [7, 11) is 0. The van der Waals surface area contributed by atoms with Crippen LogP contribution in [0.1, 0.15) is 25.5 Å². The summed E-state index contributed by atoms with van der Waals surface area (Å²) in [5.41, 5.74) is 2.04. The zero-order valence-electron chi connectivity index (χ0n) is 13.3. The Labute approximate surface area is 137 Å². The van der Waals surface area contributed by atoms with E-state index >= 15 is 0 Å². The Morgan fingerprint density at radius 1 is 1.42 bits per heavy atom. The number of ether oxygens (including phenoxy) is 1. The van der Waals surface area contributed by atoms with Gasteiger partial charge in [0.25, 0.3) is 5.56 Å². The summed E-state index contributed by atoms with van der Waals surface area (Å²) >= 11 is 0. The number of aromatic amines is 1. The highest BCUT2D eigenvalue weighted by Crippen LogP contribution is 2.19. The number of carbonyl (C=O) groups excluding carboxylic acids is 1. The van der Waals surface area contributed by atoms with Crippen LogP contribution in [0.15, 0.2) is 41.7 Å². The molecule has 0 aliphatic carbocycles. The molecule has 0 aliphatic rings. The number of aromatic nitrogens is 4. The smallest absolute Gasteiger partial charge is 0.407 e. The van der Waals surface area contributed by atoms with Gasteiger partial charge in [0, 0.05) is 24.8 Å². The van der Waals surface area contributed by atoms with Crippen LogP contribution in [-0.2, 0) is 4.74 Å². The minimum atomic E-state index is -0.475. The molecule has 3 aromatic rings. The second-order valence-electron chi connectivity index (χ2n) is 5.22. The third-order valence-electron chi connectivity index (χ3n) is 3.56. The van der Waals surface area contributed by atoms with Crippen molar-refractivity contribution in [3.63, 3.8) is 0 Å². The van der Waals surface area contributed by atoms with Crippen LogP contribution in [0.25, 0.3) is 17.0 Å². The predicted molar refractivity (Wildman–Crippen MR) is 87.6 cm³/mol. The van der Waals surface area contributed by atoms with Gasteiger partial charge in [0.05, 0.1) is 24.0 Å². The fraction of sp³-hybridized carbons (Fsp3) is 0.250. The van der Waals surface area contributed by atoms with Gasteiger partial charge in [-0.3, -0.25) is 9.78 Å². The fourth-order valence-corrected chi connectivity index (χ4v) is 2.37. The van der Waals surface area contributed by atoms with E-state index in [0.717, 1.165) is 5.56 Å². The SMILES string of the molecule is CCOC(=O)NC(C)c1ccnc(-c2cn3ccnc3c(=O)[nH]2)c1. The second-order valence-corrected chi connectivity index (χ2v) is 5.22. The molecule has 8 nitrogen and oxygen atoms in total. The maximum Gasteiger partial charge on any atom is 0.407 e. The number of hydrogen-bond donors (Lipinski definition) is 2. The van der Waals surface area contributed by atoms with Gasteiger partial charge in [-0.15, -0.1) is 0 Å². The largest absolute Gasteiger partial charge is 0.450 e. The van der Waals surface area contributed by atoms with Gasteiger partial charge in [-0.05, 0) is 31.5 Å². The molecular formula is C16H17N5O3. The molecule has 0 aromatic carbocycles. The molecular weight excluding hydrogens is 310 g/mol. The molecule has 0 radical (unpaired) electrons. The number of carbonyl (C=O) groups is 1. The molecule has 0 fully saturated rings. The number of H-pyrrole nitrogens is 1. The molecule has 8 heteroatoms. The standard InChI is InChI=1S/C16H17N5O3/c1-3-24-16(23)19-10(2)11-4-5-17-12(8-11)13-9-21-7-6-18-14(21)15(22)20-13/h4-10H,3H2,1-2H3,(H,19,23)(H,20,22). The molecule has 3 aromatic heterocycles. The molecule has 3 heterocycles. The van der Waals surface area contributed by atoms with Gasteiger partial charge >= 0.3 is 6.09 Å². The molecule has 3 rings (SSSR count). The van der Waals surface area contributed by atoms with Gasteiger partial charge in [-0.25, -0.2) is 9.78 Å². The number of amides is 1. The number of nitrogens with one attached hydrogen (secondary N) is 2. The first-order valence-corrected chi connectivity index (χ1v) is 7.54. The van der Waals surface area contributed by atoms with Gasteiger partial charge in [-0.2, -0.15) is 0 Å². The second kappa shape index (κ2) is 6.53. The number of fused-ring (bicyclic) bond motifs is 1. The first-order valence-electron chi connectivity index (χ1n) is 7.54. The lowest BCUT2D eigenvalue weighted by atomic mass is 10.1. The Kier molecular flexibility index (Phi) is 4.28. The van der Waals surface area contributed by atoms with Gasteiger partial charge in [0.2, 0.25) is 5.65 Å². The molecule has 0 aliphatic heterocycles. The first-order chi connectivity index (χ1) is 11.6. The Morgan fingerprint density at radius 2 is 2.25 bits per heavy atom. The van der Waals surface area contributed by atoms with Crippen LogP contribution in [0.3, 0.4) is 0 Å². The van der Waals surface area contributed by atoms with E-state index in [9.17, 15) is 9.59 Å². The quantitative estimate of drug-likeness (QED) is 0.762. The molecule has 0 bridgehead atoms. The number of alkyl carbamates (subject to hydrolysis) is 1. The molecule has 1 amide bonds. The number of nitrogens with zero attached hydrogens (tertiary/aromatic N) is 3. The maximum atomic E-state index is 12.0. The Balaban J connectivity index is 1.91. The molecule has 2 N–H and O–H groups in total. The van der Waals surface area contributed by atoms with Crippen molar-refractivity contribution in [3.05, 3.63) is 52.8 Å². The van der Waals surface area contributed by atoms with Gasteiger partial charge < -0.3 is 19.4 Å². The van der Waals surface area contributed by atoms with E-state index < -0.39 is 6.09 Å². The third kappa shape index (κ3) is 3.12. The fourth-order valence-electron chi connectivity index (χ4n) is 2.37. The zero-order chi connectivity index (χ0) is 17.1. The van der Waals surface area contributed by atoms with Crippen molar-refractivity contribution < 1.29 is 9.53 Å². The molecule has 1 atom stereocenters. The van der Waals surface area contributed by atoms with Crippen molar-refractivity contribution in [3.8, 4) is 11.4 Å². The van der Waals surface area contributed by atoms with Crippen molar-refractivity contribution in [2.24, 2.45) is 0 Å². The van der Waals surface area contributed by atoms with Crippen molar-refractivity contribution in [2.75, 3.05) is 6.61 Å². The molecule has 1 unspecified atom stereocenters. The summed E-state index contributed by atoms with van der Waals surface area (Å²) in [6, 6.07) is 3.36. The lowest BCUT2D eigenvalue weighted by Crippen LogP contribution is -2.27. The van der Waals surface area contributed by atoms with E-state index in [1.165, 1.54) is 0 Å². The number of pyridine rings is 1. The van der Waals surface area contributed by atoms with E-state index in [-0.39, 0.29) is 11.6 Å². The Morgan fingerprint density at radius 3 is 3.04 bits per heavy atom. The van der Waals surface area contributed by atoms with Gasteiger partial charge in [0.15, 0.2) is 0 Å². The summed E-state index contributed by atoms with van der Waals surface area (Å²) in [6.07, 6.45) is 6.16. The first kappa shape index (κ1) is 15.7. The summed E-state index contributed by atoms with van der Waals surface area (Å²) in [5.74, 6) is 0. The average molecular weight is 327 g/mol. The number of hydrogen-bond acceptors (Lipinski definition) is 5. The zero-order valence-corrected chi connectivity index (χ0v) is 13.3. The predicted octanol–water partition coefficient (Wildman–Crippen LogP) is 1.89. The summed E-state index contributed by atoms with van der Waals surface area (Å²) in [4.78, 5) is 34.6. The summed E-state index contributed by atoms with van der Waals surface area (Å²) in [6.45, 7) is 3.90. The average Bonchev–Trinajstić information content (AvgIpc) is 3.04. The molecule has 0 saturated heterocycles. The van der Waals surface area contributed by atoms with Crippen molar-refractivity contribution in [1.29, 1.82) is 0 Å². The monoisotopic (exact) mass is 327 g/mol. The molecule has 124 valence electrons. The minimum Gasteiger partial charge on any atom is -0.450 e. The summed E-state index contributed by atoms with van der Waals surface area (Å²) in [5, 5.41) is 2.74. The Hall–Kier alpha value is -3.16. The van der Waals surface area contributed by atoms with E-state index in [1.807, 2.05) is 13.0 Å². The van der Waals surface area contributed by atoms with Crippen LogP contribution in [0, 0.1) is 0 Å². The molecule has 0 spiro atoms. The third-order valence-corrected chi connectivity index (χ3v) is 3.56. The van der Waals surface area contributed by atoms with Crippen molar-refractivity contribution in [1.82, 2.24) is 24.7 Å². The van der Waals surface area contributed by atoms with Gasteiger partial charge in [0.1, 0.15) is 0 Å². The van der Waals surface area contributed by atoms with Crippen LogP contribution in [-0.4, -0.2) is 32.1 Å². The van der Waals surface area contributed by atoms with Crippen LogP contribution in [0.5, 0.6) is 0 Å². The van der Waals surface area contributed by atoms with E-state index in [1.54, 1.807) is 42.2 Å². The van der Waals surface area contributed by atoms with Crippen molar-refractivity contribution >= 4 is 11.7 Å². The van der Waals surface area contributed by atoms with Crippen molar-refractivity contribution in [2.45, 2.75) is 19.9 Å². The number of imidazole rings is 1. The van der Waals surface area contributed by atoms with E-state index in [0.29, 0.717) is 23.6 Å². The van der Waals surface area contributed by atoms with Crippen LogP contribution < -0.4 is 10.9 Å². The summed E-state index contributed by atoms with van der Waals surface area (Å²) < 4.78 is 6.52. The van der Waals surface area contributed by atoms with E-state index in [2.05, 4.69) is 20.3 Å². The lowest BCUT2D eigenvalue weighted by molar-refractivity contribution is 0.149. The normalized spacial score (nSPS) is 12.1. The Bertz CT molecular complexity index is 931. The lowest BCUT2D eigenvalue weighted by Gasteiger charge is -2.14. The van der Waals surface area contributed by atoms with Crippen LogP contribution in [0.4, 0.5) is 4.79 Å². The topological polar surface area (TPSA) is 101 Å². The van der Waals surface area contributed by atoms with Gasteiger partial charge in [-0.1, -0.05) is 0 Å². The minimum absolute atomic E-state index is 0.255.